The monoisotopic (exact) mass is 390 g/mol. The molecule has 0 fully saturated rings. The summed E-state index contributed by atoms with van der Waals surface area (Å²) >= 11 is 2.74. The quantitative estimate of drug-likeness (QED) is 0.537. The summed E-state index contributed by atoms with van der Waals surface area (Å²) in [6.07, 6.45) is -7.43. The third-order valence-corrected chi connectivity index (χ3v) is 3.13. The highest BCUT2D eigenvalue weighted by atomic mass is 79.9. The normalized spacial score (nSPS) is 12.9. The summed E-state index contributed by atoms with van der Waals surface area (Å²) in [4.78, 5) is 11.0. The molecule has 9 heteroatoms. The van der Waals surface area contributed by atoms with Gasteiger partial charge in [-0.2, -0.15) is 13.2 Å². The van der Waals surface area contributed by atoms with Crippen LogP contribution in [-0.2, 0) is 15.7 Å². The Labute approximate surface area is 131 Å². The van der Waals surface area contributed by atoms with Gasteiger partial charge in [-0.25, -0.2) is 13.6 Å². The molecule has 0 aromatic heterocycles. The second kappa shape index (κ2) is 7.75. The van der Waals surface area contributed by atoms with E-state index in [4.69, 9.17) is 4.74 Å². The number of esters is 1. The molecule has 1 aromatic rings. The Morgan fingerprint density at radius 2 is 2.00 bits per heavy atom. The van der Waals surface area contributed by atoms with E-state index in [1.807, 2.05) is 0 Å². The summed E-state index contributed by atoms with van der Waals surface area (Å²) in [7, 11) is 0. The lowest BCUT2D eigenvalue weighted by atomic mass is 10.2. The van der Waals surface area contributed by atoms with E-state index in [1.165, 1.54) is 6.92 Å². The second-order valence-corrected chi connectivity index (χ2v) is 4.95. The molecule has 1 unspecified atom stereocenters. The Morgan fingerprint density at radius 3 is 2.55 bits per heavy atom. The lowest BCUT2D eigenvalue weighted by Crippen LogP contribution is -2.22. The first kappa shape index (κ1) is 18.7. The van der Waals surface area contributed by atoms with Gasteiger partial charge in [-0.05, 0) is 35.0 Å². The van der Waals surface area contributed by atoms with Gasteiger partial charge in [0.15, 0.2) is 11.6 Å². The van der Waals surface area contributed by atoms with E-state index >= 15 is 0 Å². The number of hydrogen-bond acceptors (Lipinski definition) is 3. The molecule has 0 spiro atoms. The van der Waals surface area contributed by atoms with Gasteiger partial charge in [0.05, 0.1) is 17.7 Å². The van der Waals surface area contributed by atoms with Crippen molar-refractivity contribution in [3.8, 4) is 5.75 Å². The van der Waals surface area contributed by atoms with Gasteiger partial charge < -0.3 is 9.47 Å². The SMILES string of the molecule is CCOC(=O)C(F)CCOc1c(C(F)(F)F)ccc(Br)c1F. The number of halogens is 6. The van der Waals surface area contributed by atoms with E-state index in [2.05, 4.69) is 20.7 Å². The first-order valence-corrected chi connectivity index (χ1v) is 6.96. The van der Waals surface area contributed by atoms with Gasteiger partial charge in [-0.15, -0.1) is 0 Å². The van der Waals surface area contributed by atoms with Crippen molar-refractivity contribution in [3.05, 3.63) is 28.0 Å². The molecule has 1 aromatic carbocycles. The van der Waals surface area contributed by atoms with E-state index in [1.54, 1.807) is 0 Å². The summed E-state index contributed by atoms with van der Waals surface area (Å²) in [5.74, 6) is -3.43. The van der Waals surface area contributed by atoms with Gasteiger partial charge in [0.1, 0.15) is 5.56 Å². The van der Waals surface area contributed by atoms with Crippen molar-refractivity contribution in [1.29, 1.82) is 0 Å². The molecule has 124 valence electrons. The third-order valence-electron chi connectivity index (χ3n) is 2.52. The molecule has 0 aliphatic rings. The highest BCUT2D eigenvalue weighted by Crippen LogP contribution is 2.40. The predicted octanol–water partition coefficient (Wildman–Crippen LogP) is 4.28. The average Bonchev–Trinajstić information content (AvgIpc) is 2.42. The summed E-state index contributed by atoms with van der Waals surface area (Å²) in [5, 5.41) is 0. The fourth-order valence-electron chi connectivity index (χ4n) is 1.51. The number of carbonyl (C=O) groups is 1. The van der Waals surface area contributed by atoms with E-state index in [9.17, 15) is 26.7 Å². The van der Waals surface area contributed by atoms with Crippen LogP contribution in [0, 0.1) is 5.82 Å². The summed E-state index contributed by atoms with van der Waals surface area (Å²) < 4.78 is 74.2. The molecule has 1 rings (SSSR count). The summed E-state index contributed by atoms with van der Waals surface area (Å²) in [6, 6.07) is 1.53. The maximum Gasteiger partial charge on any atom is 0.420 e. The van der Waals surface area contributed by atoms with E-state index in [-0.39, 0.29) is 11.1 Å². The highest BCUT2D eigenvalue weighted by Gasteiger charge is 2.36. The minimum atomic E-state index is -4.83. The van der Waals surface area contributed by atoms with Crippen molar-refractivity contribution < 1.29 is 36.2 Å². The number of rotatable bonds is 6. The van der Waals surface area contributed by atoms with Crippen molar-refractivity contribution in [3.63, 3.8) is 0 Å². The lowest BCUT2D eigenvalue weighted by molar-refractivity contribution is -0.149. The maximum atomic E-state index is 13.7. The fraction of sp³-hybridized carbons (Fsp3) is 0.462. The molecule has 0 aliphatic heterocycles. The fourth-order valence-corrected chi connectivity index (χ4v) is 1.82. The highest BCUT2D eigenvalue weighted by molar-refractivity contribution is 9.10. The topological polar surface area (TPSA) is 35.5 Å². The molecule has 22 heavy (non-hydrogen) atoms. The zero-order valence-corrected chi connectivity index (χ0v) is 12.9. The third kappa shape index (κ3) is 4.82. The average molecular weight is 391 g/mol. The number of benzene rings is 1. The van der Waals surface area contributed by atoms with Crippen LogP contribution in [0.15, 0.2) is 16.6 Å². The Morgan fingerprint density at radius 1 is 1.36 bits per heavy atom. The second-order valence-electron chi connectivity index (χ2n) is 4.09. The van der Waals surface area contributed by atoms with Crippen LogP contribution in [0.25, 0.3) is 0 Å². The van der Waals surface area contributed by atoms with E-state index in [0.717, 1.165) is 6.07 Å². The molecule has 0 saturated carbocycles. The predicted molar refractivity (Wildman–Crippen MR) is 70.7 cm³/mol. The van der Waals surface area contributed by atoms with Crippen LogP contribution >= 0.6 is 15.9 Å². The van der Waals surface area contributed by atoms with Crippen molar-refractivity contribution in [2.75, 3.05) is 13.2 Å². The first-order chi connectivity index (χ1) is 10.2. The first-order valence-electron chi connectivity index (χ1n) is 6.17. The molecular weight excluding hydrogens is 379 g/mol. The van der Waals surface area contributed by atoms with Crippen LogP contribution in [-0.4, -0.2) is 25.4 Å². The van der Waals surface area contributed by atoms with Crippen LogP contribution in [0.2, 0.25) is 0 Å². The van der Waals surface area contributed by atoms with E-state index in [0.29, 0.717) is 6.07 Å². The largest absolute Gasteiger partial charge is 0.490 e. The Bertz CT molecular complexity index is 533. The summed E-state index contributed by atoms with van der Waals surface area (Å²) in [5.41, 5.74) is -1.32. The lowest BCUT2D eigenvalue weighted by Gasteiger charge is -2.16. The molecule has 0 radical (unpaired) electrons. The van der Waals surface area contributed by atoms with Crippen LogP contribution < -0.4 is 4.74 Å². The Hall–Kier alpha value is -1.38. The summed E-state index contributed by atoms with van der Waals surface area (Å²) in [6.45, 7) is 0.836. The maximum absolute atomic E-state index is 13.7. The standard InChI is InChI=1S/C13H12BrF5O3/c1-2-21-12(20)9(15)5-6-22-11-7(13(17,18)19)3-4-8(14)10(11)16/h3-4,9H,2,5-6H2,1H3. The van der Waals surface area contributed by atoms with Gasteiger partial charge in [-0.1, -0.05) is 0 Å². The molecule has 1 atom stereocenters. The van der Waals surface area contributed by atoms with Crippen LogP contribution in [0.5, 0.6) is 5.75 Å². The number of alkyl halides is 4. The van der Waals surface area contributed by atoms with E-state index < -0.39 is 48.5 Å². The van der Waals surface area contributed by atoms with Crippen molar-refractivity contribution in [1.82, 2.24) is 0 Å². The Kier molecular flexibility index (Phi) is 6.58. The van der Waals surface area contributed by atoms with Crippen molar-refractivity contribution >= 4 is 21.9 Å². The zero-order chi connectivity index (χ0) is 16.9. The molecular formula is C13H12BrF5O3. The number of carbonyl (C=O) groups excluding carboxylic acids is 1. The van der Waals surface area contributed by atoms with Crippen LogP contribution in [0.1, 0.15) is 18.9 Å². The van der Waals surface area contributed by atoms with Gasteiger partial charge in [0, 0.05) is 6.42 Å². The molecule has 0 heterocycles. The minimum Gasteiger partial charge on any atom is -0.490 e. The van der Waals surface area contributed by atoms with Gasteiger partial charge in [0.2, 0.25) is 6.17 Å². The van der Waals surface area contributed by atoms with Gasteiger partial charge in [0.25, 0.3) is 0 Å². The minimum absolute atomic E-state index is 0.0292. The van der Waals surface area contributed by atoms with Crippen molar-refractivity contribution in [2.45, 2.75) is 25.7 Å². The smallest absolute Gasteiger partial charge is 0.420 e. The molecule has 0 amide bonds. The van der Waals surface area contributed by atoms with Gasteiger partial charge >= 0.3 is 12.1 Å². The molecule has 0 saturated heterocycles. The molecule has 0 aliphatic carbocycles. The van der Waals surface area contributed by atoms with Crippen LogP contribution in [0.3, 0.4) is 0 Å². The molecule has 0 bridgehead atoms. The Balaban J connectivity index is 2.81. The number of hydrogen-bond donors (Lipinski definition) is 0. The number of ether oxygens (including phenoxy) is 2. The van der Waals surface area contributed by atoms with Crippen molar-refractivity contribution in [2.24, 2.45) is 0 Å². The zero-order valence-electron chi connectivity index (χ0n) is 11.3. The van der Waals surface area contributed by atoms with Crippen LogP contribution in [0.4, 0.5) is 22.0 Å². The molecule has 3 nitrogen and oxygen atoms in total. The molecule has 0 N–H and O–H groups in total. The van der Waals surface area contributed by atoms with Gasteiger partial charge in [-0.3, -0.25) is 0 Å².